The lowest BCUT2D eigenvalue weighted by atomic mass is 10.1. The van der Waals surface area contributed by atoms with E-state index < -0.39 is 0 Å². The molecule has 1 aliphatic rings. The summed E-state index contributed by atoms with van der Waals surface area (Å²) in [7, 11) is 1.52. The number of hydrogen-bond donors (Lipinski definition) is 0. The lowest BCUT2D eigenvalue weighted by Gasteiger charge is -2.32. The molecule has 0 aliphatic carbocycles. The number of ether oxygens (including phenoxy) is 2. The van der Waals surface area contributed by atoms with Crippen LogP contribution < -0.4 is 9.47 Å². The van der Waals surface area contributed by atoms with E-state index in [4.69, 9.17) is 9.47 Å². The molecular weight excluding hydrogens is 298 g/mol. The smallest absolute Gasteiger partial charge is 0.274 e. The van der Waals surface area contributed by atoms with E-state index in [-0.39, 0.29) is 12.0 Å². The Morgan fingerprint density at radius 3 is 2.87 bits per heavy atom. The fourth-order valence-electron chi connectivity index (χ4n) is 2.45. The number of carbonyl (C=O) groups excluding carboxylic acids is 1. The fraction of sp³-hybridized carbons (Fsp3) is 0.400. The maximum Gasteiger partial charge on any atom is 0.274 e. The van der Waals surface area contributed by atoms with Gasteiger partial charge in [-0.05, 0) is 12.8 Å². The third-order valence-corrected chi connectivity index (χ3v) is 3.53. The monoisotopic (exact) mass is 315 g/mol. The van der Waals surface area contributed by atoms with Gasteiger partial charge in [0.2, 0.25) is 11.8 Å². The van der Waals surface area contributed by atoms with E-state index in [1.54, 1.807) is 11.1 Å². The van der Waals surface area contributed by atoms with Crippen LogP contribution in [0.25, 0.3) is 0 Å². The lowest BCUT2D eigenvalue weighted by molar-refractivity contribution is 0.0519. The summed E-state index contributed by atoms with van der Waals surface area (Å²) in [5.41, 5.74) is 0.342. The minimum Gasteiger partial charge on any atom is -0.480 e. The highest BCUT2D eigenvalue weighted by Gasteiger charge is 2.26. The van der Waals surface area contributed by atoms with Crippen molar-refractivity contribution in [1.82, 2.24) is 24.8 Å². The molecule has 0 radical (unpaired) electrons. The first-order chi connectivity index (χ1) is 11.3. The Kier molecular flexibility index (Phi) is 4.60. The minimum absolute atomic E-state index is 0.134. The van der Waals surface area contributed by atoms with E-state index in [2.05, 4.69) is 19.9 Å². The Bertz CT molecular complexity index is 667. The summed E-state index contributed by atoms with van der Waals surface area (Å²) in [4.78, 5) is 30.3. The number of likely N-dealkylation sites (tertiary alicyclic amines) is 1. The van der Waals surface area contributed by atoms with Crippen LogP contribution >= 0.6 is 0 Å². The van der Waals surface area contributed by atoms with E-state index in [0.717, 1.165) is 12.8 Å². The molecule has 23 heavy (non-hydrogen) atoms. The largest absolute Gasteiger partial charge is 0.480 e. The maximum atomic E-state index is 12.4. The molecule has 3 rings (SSSR count). The summed E-state index contributed by atoms with van der Waals surface area (Å²) in [6, 6.07) is 0. The fourth-order valence-corrected chi connectivity index (χ4v) is 2.45. The van der Waals surface area contributed by atoms with E-state index >= 15 is 0 Å². The van der Waals surface area contributed by atoms with Gasteiger partial charge in [0.05, 0.1) is 32.2 Å². The van der Waals surface area contributed by atoms with Gasteiger partial charge in [0.25, 0.3) is 5.91 Å². The van der Waals surface area contributed by atoms with Crippen molar-refractivity contribution < 1.29 is 14.3 Å². The average Bonchev–Trinajstić information content (AvgIpc) is 2.62. The second kappa shape index (κ2) is 6.99. The standard InChI is InChI=1S/C15H17N5O3/c1-22-13-8-17-9-14(19-13)23-11-3-2-6-20(10-11)15(21)12-7-16-4-5-18-12/h4-5,7-9,11H,2-3,6,10H2,1H3. The molecule has 2 aromatic heterocycles. The van der Waals surface area contributed by atoms with Crippen molar-refractivity contribution in [3.63, 3.8) is 0 Å². The highest BCUT2D eigenvalue weighted by Crippen LogP contribution is 2.19. The molecule has 3 heterocycles. The quantitative estimate of drug-likeness (QED) is 0.830. The van der Waals surface area contributed by atoms with Crippen LogP contribution in [-0.4, -0.2) is 57.0 Å². The molecular formula is C15H17N5O3. The summed E-state index contributed by atoms with van der Waals surface area (Å²) in [6.45, 7) is 1.16. The van der Waals surface area contributed by atoms with Crippen molar-refractivity contribution in [3.8, 4) is 11.8 Å². The first kappa shape index (κ1) is 15.1. The summed E-state index contributed by atoms with van der Waals surface area (Å²) in [6.07, 6.45) is 9.14. The molecule has 1 unspecified atom stereocenters. The number of methoxy groups -OCH3 is 1. The van der Waals surface area contributed by atoms with Crippen LogP contribution in [0.1, 0.15) is 23.3 Å². The van der Waals surface area contributed by atoms with E-state index in [9.17, 15) is 4.79 Å². The number of carbonyl (C=O) groups is 1. The average molecular weight is 315 g/mol. The zero-order valence-corrected chi connectivity index (χ0v) is 12.8. The zero-order valence-electron chi connectivity index (χ0n) is 12.8. The molecule has 1 aliphatic heterocycles. The van der Waals surface area contributed by atoms with Crippen LogP contribution in [0.5, 0.6) is 11.8 Å². The molecule has 120 valence electrons. The second-order valence-electron chi connectivity index (χ2n) is 5.12. The summed E-state index contributed by atoms with van der Waals surface area (Å²) < 4.78 is 10.9. The van der Waals surface area contributed by atoms with Gasteiger partial charge in [0, 0.05) is 18.9 Å². The van der Waals surface area contributed by atoms with Crippen molar-refractivity contribution in [2.75, 3.05) is 20.2 Å². The molecule has 1 amide bonds. The Hall–Kier alpha value is -2.77. The van der Waals surface area contributed by atoms with Crippen LogP contribution in [0, 0.1) is 0 Å². The van der Waals surface area contributed by atoms with Crippen LogP contribution in [0.15, 0.2) is 31.0 Å². The van der Waals surface area contributed by atoms with Crippen LogP contribution in [0.2, 0.25) is 0 Å². The van der Waals surface area contributed by atoms with E-state index in [1.165, 1.54) is 31.9 Å². The molecule has 0 bridgehead atoms. The second-order valence-corrected chi connectivity index (χ2v) is 5.12. The Morgan fingerprint density at radius 2 is 2.09 bits per heavy atom. The molecule has 8 nitrogen and oxygen atoms in total. The van der Waals surface area contributed by atoms with Gasteiger partial charge in [-0.1, -0.05) is 0 Å². The van der Waals surface area contributed by atoms with Gasteiger partial charge in [-0.25, -0.2) is 4.98 Å². The normalized spacial score (nSPS) is 17.6. The first-order valence-corrected chi connectivity index (χ1v) is 7.34. The predicted molar refractivity (Wildman–Crippen MR) is 80.2 cm³/mol. The van der Waals surface area contributed by atoms with Gasteiger partial charge in [-0.2, -0.15) is 4.98 Å². The van der Waals surface area contributed by atoms with Gasteiger partial charge < -0.3 is 14.4 Å². The number of aromatic nitrogens is 4. The summed E-state index contributed by atoms with van der Waals surface area (Å²) >= 11 is 0. The molecule has 0 N–H and O–H groups in total. The zero-order chi connectivity index (χ0) is 16.1. The molecule has 0 spiro atoms. The number of hydrogen-bond acceptors (Lipinski definition) is 7. The van der Waals surface area contributed by atoms with Crippen molar-refractivity contribution in [3.05, 3.63) is 36.7 Å². The summed E-state index contributed by atoms with van der Waals surface area (Å²) in [5.74, 6) is 0.650. The molecule has 0 aromatic carbocycles. The van der Waals surface area contributed by atoms with Gasteiger partial charge in [-0.3, -0.25) is 14.8 Å². The van der Waals surface area contributed by atoms with E-state index in [1.807, 2.05) is 0 Å². The molecule has 8 heteroatoms. The molecule has 0 saturated carbocycles. The van der Waals surface area contributed by atoms with Crippen molar-refractivity contribution in [2.45, 2.75) is 18.9 Å². The molecule has 1 saturated heterocycles. The minimum atomic E-state index is -0.136. The Balaban J connectivity index is 1.65. The third kappa shape index (κ3) is 3.71. The van der Waals surface area contributed by atoms with Crippen LogP contribution in [0.4, 0.5) is 0 Å². The number of piperidine rings is 1. The van der Waals surface area contributed by atoms with Crippen LogP contribution in [0.3, 0.4) is 0 Å². The molecule has 2 aromatic rings. The van der Waals surface area contributed by atoms with Gasteiger partial charge >= 0.3 is 0 Å². The maximum absolute atomic E-state index is 12.4. The highest BCUT2D eigenvalue weighted by atomic mass is 16.5. The van der Waals surface area contributed by atoms with Crippen molar-refractivity contribution in [1.29, 1.82) is 0 Å². The van der Waals surface area contributed by atoms with Crippen molar-refractivity contribution in [2.24, 2.45) is 0 Å². The molecule has 1 atom stereocenters. The molecule has 1 fully saturated rings. The SMILES string of the molecule is COc1cncc(OC2CCCN(C(=O)c3cnccn3)C2)n1. The number of amides is 1. The highest BCUT2D eigenvalue weighted by molar-refractivity contribution is 5.92. The third-order valence-electron chi connectivity index (χ3n) is 3.53. The van der Waals surface area contributed by atoms with Crippen LogP contribution in [-0.2, 0) is 0 Å². The summed E-state index contributed by atoms with van der Waals surface area (Å²) in [5, 5.41) is 0. The number of rotatable bonds is 4. The van der Waals surface area contributed by atoms with Gasteiger partial charge in [0.1, 0.15) is 11.8 Å². The topological polar surface area (TPSA) is 90.3 Å². The number of nitrogens with zero attached hydrogens (tertiary/aromatic N) is 5. The van der Waals surface area contributed by atoms with E-state index in [0.29, 0.717) is 30.5 Å². The van der Waals surface area contributed by atoms with Gasteiger partial charge in [0.15, 0.2) is 0 Å². The first-order valence-electron chi connectivity index (χ1n) is 7.34. The van der Waals surface area contributed by atoms with Crippen molar-refractivity contribution >= 4 is 5.91 Å². The predicted octanol–water partition coefficient (Wildman–Crippen LogP) is 0.959. The Morgan fingerprint density at radius 1 is 1.22 bits per heavy atom. The lowest BCUT2D eigenvalue weighted by Crippen LogP contribution is -2.44. The Labute approximate surface area is 133 Å². The van der Waals surface area contributed by atoms with Gasteiger partial charge in [-0.15, -0.1) is 0 Å².